The second kappa shape index (κ2) is 10.1. The molecule has 1 saturated carbocycles. The SMILES string of the molecule is COC1CNC(C(=O)N(c2ccc(S(F)(F)(F)(F)F)cc2)C(C(=O)NC2CCC(F)(F)CC2)c2ccnnc2)C1. The number of aromatic nitrogens is 2. The van der Waals surface area contributed by atoms with Crippen molar-refractivity contribution in [2.24, 2.45) is 0 Å². The molecule has 1 aliphatic carbocycles. The Labute approximate surface area is 225 Å². The van der Waals surface area contributed by atoms with Crippen molar-refractivity contribution in [2.75, 3.05) is 18.6 Å². The number of rotatable bonds is 8. The van der Waals surface area contributed by atoms with Crippen LogP contribution < -0.4 is 15.5 Å². The molecular weight excluding hydrogens is 571 g/mol. The molecule has 0 radical (unpaired) electrons. The van der Waals surface area contributed by atoms with E-state index in [1.165, 1.54) is 25.6 Å². The molecule has 1 aromatic heterocycles. The summed E-state index contributed by atoms with van der Waals surface area (Å²) in [6.07, 6.45) is 1.21. The summed E-state index contributed by atoms with van der Waals surface area (Å²) in [4.78, 5) is 26.3. The molecule has 2 heterocycles. The van der Waals surface area contributed by atoms with Gasteiger partial charge in [0.2, 0.25) is 17.7 Å². The molecule has 0 bridgehead atoms. The van der Waals surface area contributed by atoms with Crippen molar-refractivity contribution in [1.82, 2.24) is 20.8 Å². The monoisotopic (exact) mass is 599 g/mol. The number of anilines is 1. The number of hydrogen-bond acceptors (Lipinski definition) is 6. The maximum atomic E-state index is 13.8. The number of benzene rings is 1. The van der Waals surface area contributed by atoms with Gasteiger partial charge >= 0.3 is 10.2 Å². The Morgan fingerprint density at radius 1 is 1.07 bits per heavy atom. The zero-order valence-electron chi connectivity index (χ0n) is 21.2. The Morgan fingerprint density at radius 2 is 1.73 bits per heavy atom. The summed E-state index contributed by atoms with van der Waals surface area (Å²) in [5.74, 6) is -4.42. The van der Waals surface area contributed by atoms with E-state index in [2.05, 4.69) is 20.8 Å². The first-order valence-electron chi connectivity index (χ1n) is 12.4. The topological polar surface area (TPSA) is 96.5 Å². The normalized spacial score (nSPS) is 24.0. The third-order valence-corrected chi connectivity index (χ3v) is 8.18. The van der Waals surface area contributed by atoms with Crippen LogP contribution in [0, 0.1) is 0 Å². The Kier molecular flexibility index (Phi) is 7.60. The molecule has 3 atom stereocenters. The molecule has 40 heavy (non-hydrogen) atoms. The minimum Gasteiger partial charge on any atom is -0.380 e. The lowest BCUT2D eigenvalue weighted by atomic mass is 9.91. The van der Waals surface area contributed by atoms with Gasteiger partial charge in [0.05, 0.1) is 18.3 Å². The smallest absolute Gasteiger partial charge is 0.310 e. The molecule has 16 heteroatoms. The fourth-order valence-electron chi connectivity index (χ4n) is 4.85. The van der Waals surface area contributed by atoms with Gasteiger partial charge in [-0.05, 0) is 49.6 Å². The molecule has 1 saturated heterocycles. The van der Waals surface area contributed by atoms with Gasteiger partial charge in [0.1, 0.15) is 10.9 Å². The lowest BCUT2D eigenvalue weighted by Gasteiger charge is -2.41. The maximum absolute atomic E-state index is 13.8. The summed E-state index contributed by atoms with van der Waals surface area (Å²) in [5.41, 5.74) is -0.162. The largest absolute Gasteiger partial charge is 0.380 e. The van der Waals surface area contributed by atoms with Crippen LogP contribution in [0.3, 0.4) is 0 Å². The molecule has 2 amide bonds. The third-order valence-electron chi connectivity index (χ3n) is 7.01. The predicted molar refractivity (Wildman–Crippen MR) is 133 cm³/mol. The first-order valence-corrected chi connectivity index (χ1v) is 14.3. The van der Waals surface area contributed by atoms with Crippen LogP contribution >= 0.6 is 10.2 Å². The number of carbonyl (C=O) groups excluding carboxylic acids is 2. The molecule has 2 aliphatic rings. The Bertz CT molecular complexity index is 1230. The zero-order chi connectivity index (χ0) is 29.4. The van der Waals surface area contributed by atoms with Gasteiger partial charge in [-0.25, -0.2) is 8.78 Å². The number of ether oxygens (including phenoxy) is 1. The van der Waals surface area contributed by atoms with Crippen LogP contribution in [0.2, 0.25) is 0 Å². The van der Waals surface area contributed by atoms with Gasteiger partial charge in [0, 0.05) is 50.0 Å². The Balaban J connectivity index is 1.75. The third kappa shape index (κ3) is 7.01. The number of halogens is 7. The summed E-state index contributed by atoms with van der Waals surface area (Å²) in [5, 5.41) is 13.0. The molecule has 222 valence electrons. The van der Waals surface area contributed by atoms with Crippen molar-refractivity contribution in [2.45, 2.75) is 67.2 Å². The average molecular weight is 600 g/mol. The molecule has 1 aliphatic heterocycles. The molecule has 1 aromatic carbocycles. The molecule has 2 aromatic rings. The number of alkyl halides is 2. The standard InChI is InChI=1S/C24H28F7N5O3S/c1-39-18-12-20(32-14-18)23(38)36(17-2-4-19(5-3-17)40(27,28,29,30)31)21(15-8-11-33-34-13-15)22(37)35-16-6-9-24(25,26)10-7-16/h2-5,8,11,13,16,18,20-21,32H,6-7,9-10,12,14H2,1H3,(H,35,37). The summed E-state index contributed by atoms with van der Waals surface area (Å²) < 4.78 is 99.6. The second-order valence-electron chi connectivity index (χ2n) is 9.94. The minimum atomic E-state index is -10.0. The summed E-state index contributed by atoms with van der Waals surface area (Å²) in [6, 6.07) is -0.0954. The van der Waals surface area contributed by atoms with Gasteiger partial charge in [-0.1, -0.05) is 19.4 Å². The lowest BCUT2D eigenvalue weighted by molar-refractivity contribution is -0.128. The van der Waals surface area contributed by atoms with E-state index in [1.54, 1.807) is 0 Å². The summed E-state index contributed by atoms with van der Waals surface area (Å²) in [7, 11) is -8.59. The molecular formula is C24H28F7N5O3S. The molecule has 0 spiro atoms. The van der Waals surface area contributed by atoms with Gasteiger partial charge in [0.15, 0.2) is 0 Å². The van der Waals surface area contributed by atoms with Crippen molar-refractivity contribution < 1.29 is 42.5 Å². The van der Waals surface area contributed by atoms with E-state index in [4.69, 9.17) is 4.74 Å². The van der Waals surface area contributed by atoms with Crippen LogP contribution in [0.4, 0.5) is 33.9 Å². The van der Waals surface area contributed by atoms with Crippen molar-refractivity contribution in [3.8, 4) is 0 Å². The Hall–Kier alpha value is -2.98. The van der Waals surface area contributed by atoms with E-state index in [9.17, 15) is 37.8 Å². The van der Waals surface area contributed by atoms with Gasteiger partial charge < -0.3 is 15.4 Å². The van der Waals surface area contributed by atoms with Crippen molar-refractivity contribution >= 4 is 27.7 Å². The van der Waals surface area contributed by atoms with E-state index in [1.807, 2.05) is 0 Å². The van der Waals surface area contributed by atoms with Gasteiger partial charge in [0.25, 0.3) is 0 Å². The first kappa shape index (κ1) is 30.0. The molecule has 4 rings (SSSR count). The highest BCUT2D eigenvalue weighted by atomic mass is 32.5. The van der Waals surface area contributed by atoms with E-state index >= 15 is 0 Å². The zero-order valence-corrected chi connectivity index (χ0v) is 22.0. The van der Waals surface area contributed by atoms with E-state index in [0.717, 1.165) is 4.90 Å². The average Bonchev–Trinajstić information content (AvgIpc) is 3.37. The predicted octanol–water partition coefficient (Wildman–Crippen LogP) is 5.28. The number of methoxy groups -OCH3 is 1. The van der Waals surface area contributed by atoms with Gasteiger partial charge in [-0.3, -0.25) is 14.5 Å². The van der Waals surface area contributed by atoms with E-state index in [0.29, 0.717) is 12.1 Å². The Morgan fingerprint density at radius 3 is 2.25 bits per heavy atom. The summed E-state index contributed by atoms with van der Waals surface area (Å²) in [6.45, 7) is 0.272. The van der Waals surface area contributed by atoms with Crippen LogP contribution in [0.25, 0.3) is 0 Å². The first-order chi connectivity index (χ1) is 18.5. The van der Waals surface area contributed by atoms with Crippen LogP contribution in [0.5, 0.6) is 0 Å². The van der Waals surface area contributed by atoms with E-state index in [-0.39, 0.29) is 55.3 Å². The maximum Gasteiger partial charge on any atom is 0.310 e. The highest BCUT2D eigenvalue weighted by molar-refractivity contribution is 8.45. The highest BCUT2D eigenvalue weighted by Crippen LogP contribution is 3.02. The highest BCUT2D eigenvalue weighted by Gasteiger charge is 2.65. The summed E-state index contributed by atoms with van der Waals surface area (Å²) >= 11 is 0. The van der Waals surface area contributed by atoms with Crippen molar-refractivity contribution in [3.63, 3.8) is 0 Å². The van der Waals surface area contributed by atoms with Gasteiger partial charge in [-0.15, -0.1) is 0 Å². The number of amides is 2. The fourth-order valence-corrected chi connectivity index (χ4v) is 5.50. The number of hydrogen-bond donors (Lipinski definition) is 2. The van der Waals surface area contributed by atoms with E-state index < -0.39 is 63.8 Å². The number of nitrogens with one attached hydrogen (secondary N) is 2. The van der Waals surface area contributed by atoms with Crippen LogP contribution in [0.15, 0.2) is 47.6 Å². The van der Waals surface area contributed by atoms with Gasteiger partial charge in [-0.2, -0.15) is 10.2 Å². The molecule has 2 fully saturated rings. The number of carbonyl (C=O) groups is 2. The lowest BCUT2D eigenvalue weighted by Crippen LogP contribution is -2.52. The van der Waals surface area contributed by atoms with Crippen molar-refractivity contribution in [3.05, 3.63) is 48.3 Å². The van der Waals surface area contributed by atoms with Crippen LogP contribution in [0.1, 0.15) is 43.7 Å². The number of nitrogens with zero attached hydrogens (tertiary/aromatic N) is 3. The second-order valence-corrected chi connectivity index (χ2v) is 12.4. The van der Waals surface area contributed by atoms with Crippen molar-refractivity contribution in [1.29, 1.82) is 0 Å². The van der Waals surface area contributed by atoms with Crippen LogP contribution in [-0.4, -0.2) is 59.8 Å². The molecule has 3 unspecified atom stereocenters. The fraction of sp³-hybridized carbons (Fsp3) is 0.500. The quantitative estimate of drug-likeness (QED) is 0.401. The molecule has 2 N–H and O–H groups in total. The van der Waals surface area contributed by atoms with Crippen LogP contribution in [-0.2, 0) is 14.3 Å². The molecule has 8 nitrogen and oxygen atoms in total. The minimum absolute atomic E-state index is 0.0354.